The molecule has 1 aliphatic rings. The first kappa shape index (κ1) is 17.4. The predicted octanol–water partition coefficient (Wildman–Crippen LogP) is 4.56. The molecule has 2 aromatic rings. The molecular formula is C22H27N3. The first-order chi connectivity index (χ1) is 12.0. The van der Waals surface area contributed by atoms with Gasteiger partial charge in [-0.1, -0.05) is 74.5 Å². The van der Waals surface area contributed by atoms with Crippen LogP contribution in [0.5, 0.6) is 0 Å². The monoisotopic (exact) mass is 333 g/mol. The number of amidine groups is 1. The first-order valence-electron chi connectivity index (χ1n) is 9.03. The van der Waals surface area contributed by atoms with E-state index in [-0.39, 0.29) is 17.3 Å². The van der Waals surface area contributed by atoms with Crippen LogP contribution in [-0.2, 0) is 5.41 Å². The Hall–Kier alpha value is -2.42. The second-order valence-electron chi connectivity index (χ2n) is 7.40. The third kappa shape index (κ3) is 3.51. The minimum atomic E-state index is -0.284. The maximum absolute atomic E-state index is 7.87. The Morgan fingerprint density at radius 1 is 1.08 bits per heavy atom. The Morgan fingerprint density at radius 2 is 1.60 bits per heavy atom. The molecule has 3 heteroatoms. The third-order valence-corrected chi connectivity index (χ3v) is 5.01. The highest BCUT2D eigenvalue weighted by Gasteiger charge is 2.45. The molecular weight excluding hydrogens is 306 g/mol. The standard InChI is InChI=1S/C22H27N3/c1-16(2)13-19-15-22(17-9-5-3-6-10-17,18-11-7-4-8-12-18)20(25-19)14-21(23)24/h3-12,16,19H,13-15H2,1-2H3,(H3,23,24). The summed E-state index contributed by atoms with van der Waals surface area (Å²) in [5, 5.41) is 7.87. The molecule has 0 spiro atoms. The van der Waals surface area contributed by atoms with Crippen LogP contribution in [0.25, 0.3) is 0 Å². The average Bonchev–Trinajstić information content (AvgIpc) is 2.94. The van der Waals surface area contributed by atoms with Gasteiger partial charge in [0.1, 0.15) is 0 Å². The van der Waals surface area contributed by atoms with Crippen molar-refractivity contribution in [1.82, 2.24) is 0 Å². The highest BCUT2D eigenvalue weighted by Crippen LogP contribution is 2.45. The minimum absolute atomic E-state index is 0.181. The zero-order chi connectivity index (χ0) is 17.9. The van der Waals surface area contributed by atoms with E-state index in [0.717, 1.165) is 18.6 Å². The third-order valence-electron chi connectivity index (χ3n) is 5.01. The number of hydrogen-bond acceptors (Lipinski definition) is 2. The fourth-order valence-electron chi connectivity index (χ4n) is 4.09. The molecule has 1 atom stereocenters. The van der Waals surface area contributed by atoms with Crippen LogP contribution in [0.2, 0.25) is 0 Å². The Balaban J connectivity index is 2.15. The van der Waals surface area contributed by atoms with Crippen molar-refractivity contribution < 1.29 is 0 Å². The van der Waals surface area contributed by atoms with Crippen LogP contribution in [0.4, 0.5) is 0 Å². The van der Waals surface area contributed by atoms with Crippen LogP contribution in [0.1, 0.15) is 44.2 Å². The van der Waals surface area contributed by atoms with Crippen LogP contribution in [0, 0.1) is 11.3 Å². The molecule has 1 unspecified atom stereocenters. The molecule has 130 valence electrons. The van der Waals surface area contributed by atoms with Gasteiger partial charge in [-0.25, -0.2) is 0 Å². The van der Waals surface area contributed by atoms with Crippen molar-refractivity contribution in [2.75, 3.05) is 0 Å². The molecule has 0 amide bonds. The van der Waals surface area contributed by atoms with Crippen molar-refractivity contribution in [1.29, 1.82) is 5.41 Å². The van der Waals surface area contributed by atoms with Crippen molar-refractivity contribution in [2.24, 2.45) is 16.6 Å². The molecule has 0 radical (unpaired) electrons. The molecule has 0 fully saturated rings. The van der Waals surface area contributed by atoms with Gasteiger partial charge in [0.05, 0.1) is 17.3 Å². The second kappa shape index (κ2) is 7.22. The van der Waals surface area contributed by atoms with Gasteiger partial charge in [-0.3, -0.25) is 10.4 Å². The van der Waals surface area contributed by atoms with E-state index in [9.17, 15) is 0 Å². The van der Waals surface area contributed by atoms with Gasteiger partial charge >= 0.3 is 0 Å². The average molecular weight is 333 g/mol. The largest absolute Gasteiger partial charge is 0.387 e. The van der Waals surface area contributed by atoms with Gasteiger partial charge in [0.2, 0.25) is 0 Å². The number of aliphatic imine (C=N–C) groups is 1. The normalized spacial score (nSPS) is 19.0. The summed E-state index contributed by atoms with van der Waals surface area (Å²) >= 11 is 0. The molecule has 0 saturated carbocycles. The van der Waals surface area contributed by atoms with Crippen LogP contribution in [0.3, 0.4) is 0 Å². The molecule has 0 aromatic heterocycles. The topological polar surface area (TPSA) is 62.2 Å². The lowest BCUT2D eigenvalue weighted by Gasteiger charge is -2.33. The summed E-state index contributed by atoms with van der Waals surface area (Å²) in [5.41, 5.74) is 9.03. The molecule has 3 N–H and O–H groups in total. The maximum Gasteiger partial charge on any atom is 0.0962 e. The summed E-state index contributed by atoms with van der Waals surface area (Å²) in [6, 6.07) is 21.4. The van der Waals surface area contributed by atoms with Gasteiger partial charge in [0, 0.05) is 12.1 Å². The zero-order valence-electron chi connectivity index (χ0n) is 15.1. The first-order valence-corrected chi connectivity index (χ1v) is 9.03. The summed E-state index contributed by atoms with van der Waals surface area (Å²) in [4.78, 5) is 5.07. The number of nitrogens with one attached hydrogen (secondary N) is 1. The van der Waals surface area contributed by atoms with Crippen molar-refractivity contribution in [3.8, 4) is 0 Å². The summed E-state index contributed by atoms with van der Waals surface area (Å²) in [7, 11) is 0. The van der Waals surface area contributed by atoms with E-state index in [1.165, 1.54) is 11.1 Å². The lowest BCUT2D eigenvalue weighted by Crippen LogP contribution is -2.37. The van der Waals surface area contributed by atoms with Gasteiger partial charge in [-0.15, -0.1) is 0 Å². The second-order valence-corrected chi connectivity index (χ2v) is 7.40. The van der Waals surface area contributed by atoms with E-state index in [0.29, 0.717) is 12.3 Å². The SMILES string of the molecule is CC(C)CC1CC(c2ccccc2)(c2ccccc2)C(CC(=N)N)=N1. The summed E-state index contributed by atoms with van der Waals surface area (Å²) in [6.07, 6.45) is 2.43. The van der Waals surface area contributed by atoms with Crippen LogP contribution < -0.4 is 5.73 Å². The van der Waals surface area contributed by atoms with Gasteiger partial charge in [-0.2, -0.15) is 0 Å². The summed E-state index contributed by atoms with van der Waals surface area (Å²) < 4.78 is 0. The van der Waals surface area contributed by atoms with Crippen LogP contribution >= 0.6 is 0 Å². The maximum atomic E-state index is 7.87. The number of rotatable bonds is 6. The zero-order valence-corrected chi connectivity index (χ0v) is 15.1. The molecule has 1 heterocycles. The van der Waals surface area contributed by atoms with E-state index < -0.39 is 0 Å². The number of hydrogen-bond donors (Lipinski definition) is 2. The molecule has 0 saturated heterocycles. The molecule has 0 aliphatic carbocycles. The molecule has 3 nitrogen and oxygen atoms in total. The van der Waals surface area contributed by atoms with Gasteiger partial charge in [0.25, 0.3) is 0 Å². The quantitative estimate of drug-likeness (QED) is 0.591. The van der Waals surface area contributed by atoms with Crippen molar-refractivity contribution >= 4 is 11.5 Å². The van der Waals surface area contributed by atoms with Crippen molar-refractivity contribution in [2.45, 2.75) is 44.6 Å². The van der Waals surface area contributed by atoms with E-state index in [4.69, 9.17) is 16.1 Å². The number of benzene rings is 2. The fraction of sp³-hybridized carbons (Fsp3) is 0.364. The lowest BCUT2D eigenvalue weighted by atomic mass is 9.68. The van der Waals surface area contributed by atoms with Gasteiger partial charge < -0.3 is 5.73 Å². The number of nitrogens with two attached hydrogens (primary N) is 1. The fourth-order valence-corrected chi connectivity index (χ4v) is 4.09. The smallest absolute Gasteiger partial charge is 0.0962 e. The van der Waals surface area contributed by atoms with Crippen molar-refractivity contribution in [3.63, 3.8) is 0 Å². The highest BCUT2D eigenvalue weighted by molar-refractivity contribution is 6.10. The van der Waals surface area contributed by atoms with Gasteiger partial charge in [-0.05, 0) is 29.9 Å². The Kier molecular flexibility index (Phi) is 5.03. The summed E-state index contributed by atoms with van der Waals surface area (Å²) in [5.74, 6) is 0.773. The van der Waals surface area contributed by atoms with E-state index in [1.54, 1.807) is 0 Å². The molecule has 1 aliphatic heterocycles. The molecule has 2 aromatic carbocycles. The molecule has 3 rings (SSSR count). The molecule has 0 bridgehead atoms. The predicted molar refractivity (Wildman–Crippen MR) is 105 cm³/mol. The van der Waals surface area contributed by atoms with E-state index in [1.807, 2.05) is 12.1 Å². The van der Waals surface area contributed by atoms with E-state index >= 15 is 0 Å². The van der Waals surface area contributed by atoms with Gasteiger partial charge in [0.15, 0.2) is 0 Å². The summed E-state index contributed by atoms with van der Waals surface area (Å²) in [6.45, 7) is 4.48. The van der Waals surface area contributed by atoms with E-state index in [2.05, 4.69) is 62.4 Å². The van der Waals surface area contributed by atoms with Crippen LogP contribution in [-0.4, -0.2) is 17.6 Å². The Labute approximate surface area is 150 Å². The number of nitrogens with zero attached hydrogens (tertiary/aromatic N) is 1. The highest BCUT2D eigenvalue weighted by atomic mass is 14.9. The minimum Gasteiger partial charge on any atom is -0.387 e. The molecule has 25 heavy (non-hydrogen) atoms. The van der Waals surface area contributed by atoms with Crippen LogP contribution in [0.15, 0.2) is 65.7 Å². The van der Waals surface area contributed by atoms with Crippen molar-refractivity contribution in [3.05, 3.63) is 71.8 Å². The Morgan fingerprint density at radius 3 is 2.04 bits per heavy atom. The lowest BCUT2D eigenvalue weighted by molar-refractivity contribution is 0.462. The Bertz CT molecular complexity index is 708.